The minimum atomic E-state index is -2.45. The number of benzene rings is 1. The van der Waals surface area contributed by atoms with Gasteiger partial charge in [0.05, 0.1) is 11.4 Å². The molecule has 2 aliphatic rings. The molecule has 0 aromatic heterocycles. The number of rotatable bonds is 5. The van der Waals surface area contributed by atoms with Gasteiger partial charge in [0, 0.05) is 10.8 Å². The predicted molar refractivity (Wildman–Crippen MR) is 91.6 cm³/mol. The van der Waals surface area contributed by atoms with Crippen molar-refractivity contribution >= 4 is 35.8 Å². The number of carbonyl (C=O) groups excluding carboxylic acids is 1. The van der Waals surface area contributed by atoms with Crippen LogP contribution in [0.2, 0.25) is 0 Å². The zero-order valence-corrected chi connectivity index (χ0v) is 14.6. The van der Waals surface area contributed by atoms with Crippen LogP contribution in [0, 0.1) is 17.2 Å². The van der Waals surface area contributed by atoms with Gasteiger partial charge in [0.25, 0.3) is 0 Å². The first-order valence-electron chi connectivity index (χ1n) is 7.72. The summed E-state index contributed by atoms with van der Waals surface area (Å²) in [6.07, 6.45) is 0.354. The van der Waals surface area contributed by atoms with E-state index in [2.05, 4.69) is 10.6 Å². The average molecular weight is 381 g/mol. The van der Waals surface area contributed by atoms with Crippen molar-refractivity contribution < 1.29 is 18.0 Å². The molecule has 1 saturated heterocycles. The lowest BCUT2D eigenvalue weighted by atomic mass is 9.92. The molecule has 1 spiro atoms. The van der Waals surface area contributed by atoms with E-state index in [1.165, 1.54) is 18.2 Å². The molecule has 8 heteroatoms. The van der Waals surface area contributed by atoms with Gasteiger partial charge in [-0.25, -0.2) is 13.2 Å². The molecule has 134 valence electrons. The lowest BCUT2D eigenvalue weighted by Crippen LogP contribution is -2.31. The van der Waals surface area contributed by atoms with Gasteiger partial charge in [-0.05, 0) is 56.0 Å². The van der Waals surface area contributed by atoms with E-state index in [-0.39, 0.29) is 41.1 Å². The van der Waals surface area contributed by atoms with Gasteiger partial charge in [-0.2, -0.15) is 0 Å². The Bertz CT molecular complexity index is 597. The molecule has 2 N–H and O–H groups in total. The number of amides is 1. The Labute approximate surface area is 149 Å². The molecule has 1 aromatic rings. The van der Waals surface area contributed by atoms with Crippen LogP contribution in [0.3, 0.4) is 0 Å². The topological polar surface area (TPSA) is 41.1 Å². The molecule has 2 fully saturated rings. The van der Waals surface area contributed by atoms with Crippen molar-refractivity contribution in [2.45, 2.75) is 30.6 Å². The third-order valence-electron chi connectivity index (χ3n) is 4.67. The largest absolute Gasteiger partial charge is 0.325 e. The molecule has 1 heterocycles. The average Bonchev–Trinajstić information content (AvgIpc) is 3.20. The van der Waals surface area contributed by atoms with Gasteiger partial charge in [0.1, 0.15) is 5.82 Å². The smallest absolute Gasteiger partial charge is 0.247 e. The summed E-state index contributed by atoms with van der Waals surface area (Å²) in [5.41, 5.74) is 0.371. The Kier molecular flexibility index (Phi) is 6.45. The summed E-state index contributed by atoms with van der Waals surface area (Å²) in [4.78, 5) is 12.9. The second-order valence-electron chi connectivity index (χ2n) is 6.20. The Morgan fingerprint density at radius 2 is 2.08 bits per heavy atom. The number of hydrogen-bond donors (Lipinski definition) is 2. The maximum absolute atomic E-state index is 13.4. The highest BCUT2D eigenvalue weighted by Gasteiger charge is 2.57. The summed E-state index contributed by atoms with van der Waals surface area (Å²) in [7, 11) is 0. The molecule has 1 aliphatic heterocycles. The van der Waals surface area contributed by atoms with Crippen LogP contribution in [0.25, 0.3) is 0 Å². The van der Waals surface area contributed by atoms with E-state index in [4.69, 9.17) is 0 Å². The van der Waals surface area contributed by atoms with Crippen LogP contribution >= 0.6 is 24.2 Å². The maximum atomic E-state index is 13.4. The van der Waals surface area contributed by atoms with Crippen molar-refractivity contribution in [2.75, 3.05) is 24.2 Å². The molecule has 1 aliphatic carbocycles. The van der Waals surface area contributed by atoms with Gasteiger partial charge in [-0.15, -0.1) is 24.2 Å². The third-order valence-corrected chi connectivity index (χ3v) is 5.76. The van der Waals surface area contributed by atoms with Crippen LogP contribution in [0.1, 0.15) is 19.3 Å². The molecule has 24 heavy (non-hydrogen) atoms. The first-order chi connectivity index (χ1) is 11.0. The lowest BCUT2D eigenvalue weighted by Gasteiger charge is -2.23. The zero-order valence-electron chi connectivity index (χ0n) is 13.0. The van der Waals surface area contributed by atoms with Crippen LogP contribution in [-0.2, 0) is 4.79 Å². The highest BCUT2D eigenvalue weighted by Crippen LogP contribution is 2.58. The van der Waals surface area contributed by atoms with Gasteiger partial charge < -0.3 is 10.6 Å². The minimum Gasteiger partial charge on any atom is -0.325 e. The molecule has 3 rings (SSSR count). The molecule has 0 radical (unpaired) electrons. The number of nitrogens with one attached hydrogen (secondary N) is 2. The van der Waals surface area contributed by atoms with Gasteiger partial charge in [-0.3, -0.25) is 4.79 Å². The number of alkyl halides is 2. The Morgan fingerprint density at radius 1 is 1.38 bits per heavy atom. The fourth-order valence-corrected chi connectivity index (χ4v) is 4.03. The van der Waals surface area contributed by atoms with Gasteiger partial charge in [0.15, 0.2) is 0 Å². The summed E-state index contributed by atoms with van der Waals surface area (Å²) < 4.78 is 38.2. The monoisotopic (exact) mass is 380 g/mol. The van der Waals surface area contributed by atoms with Gasteiger partial charge in [-0.1, -0.05) is 0 Å². The van der Waals surface area contributed by atoms with Crippen LogP contribution in [0.15, 0.2) is 23.1 Å². The van der Waals surface area contributed by atoms with Crippen LogP contribution in [0.4, 0.5) is 18.9 Å². The fraction of sp³-hybridized carbons (Fsp3) is 0.562. The van der Waals surface area contributed by atoms with Crippen LogP contribution < -0.4 is 10.6 Å². The third kappa shape index (κ3) is 4.37. The quantitative estimate of drug-likeness (QED) is 0.760. The fourth-order valence-electron chi connectivity index (χ4n) is 3.29. The molecule has 1 saturated carbocycles. The van der Waals surface area contributed by atoms with Crippen molar-refractivity contribution in [3.8, 4) is 0 Å². The number of halogens is 4. The lowest BCUT2D eigenvalue weighted by molar-refractivity contribution is -0.118. The molecular weight excluding hydrogens is 361 g/mol. The second kappa shape index (κ2) is 7.97. The minimum absolute atomic E-state index is 0. The first-order valence-corrected chi connectivity index (χ1v) is 8.71. The van der Waals surface area contributed by atoms with Crippen molar-refractivity contribution in [3.63, 3.8) is 0 Å². The Morgan fingerprint density at radius 3 is 2.75 bits per heavy atom. The van der Waals surface area contributed by atoms with Crippen LogP contribution in [-0.4, -0.2) is 31.2 Å². The number of hydrogen-bond acceptors (Lipinski definition) is 3. The molecule has 1 unspecified atom stereocenters. The second-order valence-corrected chi connectivity index (χ2v) is 7.26. The van der Waals surface area contributed by atoms with Crippen molar-refractivity contribution in [1.82, 2.24) is 5.32 Å². The highest BCUT2D eigenvalue weighted by atomic mass is 35.5. The van der Waals surface area contributed by atoms with Crippen molar-refractivity contribution in [2.24, 2.45) is 11.3 Å². The highest BCUT2D eigenvalue weighted by molar-refractivity contribution is 7.99. The molecular formula is C16H20ClF3N2OS. The van der Waals surface area contributed by atoms with E-state index < -0.39 is 12.2 Å². The standard InChI is InChI=1S/C16H19F3N2OS.ClH/c17-10-1-2-13(23-9-14(18)19)12(7-10)21-15(22)11-8-16(11)3-5-20-6-4-16;/h1-2,7,11,14,20H,3-6,8-9H2,(H,21,22);1H. The molecule has 0 bridgehead atoms. The summed E-state index contributed by atoms with van der Waals surface area (Å²) in [5, 5.41) is 6.02. The van der Waals surface area contributed by atoms with E-state index in [9.17, 15) is 18.0 Å². The van der Waals surface area contributed by atoms with E-state index in [0.29, 0.717) is 4.90 Å². The summed E-state index contributed by atoms with van der Waals surface area (Å²) in [6, 6.07) is 3.85. The predicted octanol–water partition coefficient (Wildman–Crippen LogP) is 3.93. The molecule has 3 nitrogen and oxygen atoms in total. The van der Waals surface area contributed by atoms with Crippen molar-refractivity contribution in [1.29, 1.82) is 0 Å². The van der Waals surface area contributed by atoms with E-state index in [0.717, 1.165) is 44.1 Å². The Hall–Kier alpha value is -0.920. The molecule has 1 amide bonds. The van der Waals surface area contributed by atoms with Gasteiger partial charge >= 0.3 is 0 Å². The summed E-state index contributed by atoms with van der Waals surface area (Å²) in [5.74, 6) is -1.06. The molecule has 1 aromatic carbocycles. The zero-order chi connectivity index (χ0) is 16.4. The number of carbonyl (C=O) groups is 1. The number of thioether (sulfide) groups is 1. The van der Waals surface area contributed by atoms with E-state index in [1.54, 1.807) is 0 Å². The molecule has 1 atom stereocenters. The van der Waals surface area contributed by atoms with Crippen LogP contribution in [0.5, 0.6) is 0 Å². The summed E-state index contributed by atoms with van der Waals surface area (Å²) in [6.45, 7) is 1.83. The maximum Gasteiger partial charge on any atom is 0.247 e. The van der Waals surface area contributed by atoms with E-state index in [1.807, 2.05) is 0 Å². The normalized spacial score (nSPS) is 21.4. The van der Waals surface area contributed by atoms with Crippen molar-refractivity contribution in [3.05, 3.63) is 24.0 Å². The SMILES string of the molecule is Cl.O=C(Nc1cc(F)ccc1SCC(F)F)C1CC12CCNCC2. The Balaban J connectivity index is 0.00000208. The number of anilines is 1. The van der Waals surface area contributed by atoms with Gasteiger partial charge in [0.2, 0.25) is 12.3 Å². The summed E-state index contributed by atoms with van der Waals surface area (Å²) >= 11 is 0.924. The van der Waals surface area contributed by atoms with E-state index >= 15 is 0 Å². The number of piperidine rings is 1. The first kappa shape index (κ1) is 19.4.